The summed E-state index contributed by atoms with van der Waals surface area (Å²) in [7, 11) is 3.03. The van der Waals surface area contributed by atoms with Crippen LogP contribution < -0.4 is 20.3 Å². The molecule has 1 N–H and O–H groups in total. The van der Waals surface area contributed by atoms with Crippen molar-refractivity contribution in [2.24, 2.45) is 0 Å². The zero-order valence-corrected chi connectivity index (χ0v) is 18.4. The number of carbonyl (C=O) groups is 1. The van der Waals surface area contributed by atoms with E-state index in [1.165, 1.54) is 14.2 Å². The van der Waals surface area contributed by atoms with Crippen LogP contribution in [0.3, 0.4) is 0 Å². The van der Waals surface area contributed by atoms with Gasteiger partial charge in [0.05, 0.1) is 25.6 Å². The molecule has 2 heterocycles. The lowest BCUT2D eigenvalue weighted by molar-refractivity contribution is -0.139. The first-order valence-corrected chi connectivity index (χ1v) is 10.7. The van der Waals surface area contributed by atoms with Crippen LogP contribution in [0.4, 0.5) is 18.3 Å². The van der Waals surface area contributed by atoms with E-state index in [9.17, 15) is 22.8 Å². The summed E-state index contributed by atoms with van der Waals surface area (Å²) in [4.78, 5) is 29.1. The van der Waals surface area contributed by atoms with Crippen molar-refractivity contribution < 1.29 is 27.4 Å². The molecular weight excluding hydrogens is 461 g/mol. The number of carbonyl (C=O) groups excluding carboxylic acids is 1. The summed E-state index contributed by atoms with van der Waals surface area (Å²) in [6, 6.07) is 5.96. The van der Waals surface area contributed by atoms with E-state index in [0.717, 1.165) is 17.4 Å². The topological polar surface area (TPSA) is 95.3 Å². The van der Waals surface area contributed by atoms with Gasteiger partial charge in [-0.1, -0.05) is 0 Å². The zero-order chi connectivity index (χ0) is 23.8. The quantitative estimate of drug-likeness (QED) is 0.551. The first-order chi connectivity index (χ1) is 15.7. The minimum Gasteiger partial charge on any atom is -0.497 e. The van der Waals surface area contributed by atoms with Crippen LogP contribution in [0.1, 0.15) is 30.0 Å². The molecule has 1 fully saturated rings. The first-order valence-electron chi connectivity index (χ1n) is 9.86. The van der Waals surface area contributed by atoms with Crippen LogP contribution in [0.2, 0.25) is 0 Å². The predicted octanol–water partition coefficient (Wildman–Crippen LogP) is 3.92. The lowest BCUT2D eigenvalue weighted by atomic mass is 10.1. The monoisotopic (exact) mass is 480 g/mol. The standard InChI is InChI=1S/C21H19F3N4O4S/c1-31-12-5-6-13(17(7-12)32-2)16-10-33-20(25-16)26-18(29)9-28-19(30)14(21(22,23)24)8-15(27-28)11-3-4-11/h5-8,10-11H,3-4,9H2,1-2H3,(H,25,26,29). The number of rotatable bonds is 7. The van der Waals surface area contributed by atoms with Gasteiger partial charge in [-0.2, -0.15) is 18.3 Å². The normalized spacial score (nSPS) is 13.6. The van der Waals surface area contributed by atoms with E-state index in [-0.39, 0.29) is 16.7 Å². The van der Waals surface area contributed by atoms with Crippen molar-refractivity contribution >= 4 is 22.4 Å². The molecule has 12 heteroatoms. The van der Waals surface area contributed by atoms with Gasteiger partial charge in [0.1, 0.15) is 23.6 Å². The first kappa shape index (κ1) is 22.8. The minimum atomic E-state index is -4.83. The maximum absolute atomic E-state index is 13.3. The Morgan fingerprint density at radius 3 is 2.64 bits per heavy atom. The fourth-order valence-electron chi connectivity index (χ4n) is 3.21. The van der Waals surface area contributed by atoms with Gasteiger partial charge >= 0.3 is 6.18 Å². The highest BCUT2D eigenvalue weighted by Crippen LogP contribution is 2.40. The molecule has 3 aromatic rings. The molecule has 8 nitrogen and oxygen atoms in total. The average molecular weight is 480 g/mol. The molecule has 2 aromatic heterocycles. The van der Waals surface area contributed by atoms with Crippen molar-refractivity contribution in [3.63, 3.8) is 0 Å². The Bertz CT molecular complexity index is 1250. The number of hydrogen-bond acceptors (Lipinski definition) is 7. The van der Waals surface area contributed by atoms with Crippen LogP contribution in [0.15, 0.2) is 34.4 Å². The van der Waals surface area contributed by atoms with Gasteiger partial charge in [-0.05, 0) is 31.0 Å². The molecule has 1 aliphatic carbocycles. The number of nitrogens with one attached hydrogen (secondary N) is 1. The van der Waals surface area contributed by atoms with Crippen molar-refractivity contribution in [1.82, 2.24) is 14.8 Å². The van der Waals surface area contributed by atoms with Gasteiger partial charge in [-0.25, -0.2) is 9.67 Å². The Kier molecular flexibility index (Phi) is 6.11. The fourth-order valence-corrected chi connectivity index (χ4v) is 3.94. The molecule has 1 amide bonds. The second kappa shape index (κ2) is 8.85. The molecule has 1 aromatic carbocycles. The summed E-state index contributed by atoms with van der Waals surface area (Å²) in [5.41, 5.74) is -1.32. The van der Waals surface area contributed by atoms with Crippen molar-refractivity contribution in [3.05, 3.63) is 51.3 Å². The lowest BCUT2D eigenvalue weighted by Gasteiger charge is -2.12. The summed E-state index contributed by atoms with van der Waals surface area (Å²) >= 11 is 1.12. The van der Waals surface area contributed by atoms with Gasteiger partial charge in [-0.15, -0.1) is 11.3 Å². The number of amides is 1. The molecule has 33 heavy (non-hydrogen) atoms. The van der Waals surface area contributed by atoms with E-state index < -0.39 is 29.8 Å². The van der Waals surface area contributed by atoms with Crippen molar-refractivity contribution in [3.8, 4) is 22.8 Å². The highest BCUT2D eigenvalue weighted by atomic mass is 32.1. The van der Waals surface area contributed by atoms with Gasteiger partial charge in [0.15, 0.2) is 5.13 Å². The summed E-state index contributed by atoms with van der Waals surface area (Å²) in [5, 5.41) is 8.40. The molecule has 1 saturated carbocycles. The third kappa shape index (κ3) is 5.00. The van der Waals surface area contributed by atoms with E-state index in [1.54, 1.807) is 23.6 Å². The summed E-state index contributed by atoms with van der Waals surface area (Å²) in [6.45, 7) is -0.663. The van der Waals surface area contributed by atoms with Crippen molar-refractivity contribution in [2.45, 2.75) is 31.5 Å². The van der Waals surface area contributed by atoms with E-state index in [0.29, 0.717) is 40.3 Å². The van der Waals surface area contributed by atoms with E-state index in [2.05, 4.69) is 15.4 Å². The maximum atomic E-state index is 13.3. The van der Waals surface area contributed by atoms with E-state index in [1.807, 2.05) is 0 Å². The van der Waals surface area contributed by atoms with Crippen LogP contribution in [0, 0.1) is 0 Å². The molecule has 0 saturated heterocycles. The van der Waals surface area contributed by atoms with E-state index in [4.69, 9.17) is 9.47 Å². The molecule has 0 spiro atoms. The second-order valence-corrected chi connectivity index (χ2v) is 8.23. The van der Waals surface area contributed by atoms with Crippen LogP contribution >= 0.6 is 11.3 Å². The number of nitrogens with zero attached hydrogens (tertiary/aromatic N) is 3. The van der Waals surface area contributed by atoms with Gasteiger partial charge < -0.3 is 14.8 Å². The predicted molar refractivity (Wildman–Crippen MR) is 115 cm³/mol. The summed E-state index contributed by atoms with van der Waals surface area (Å²) in [5.74, 6) is 0.282. The number of thiazole rings is 1. The Morgan fingerprint density at radius 1 is 1.24 bits per heavy atom. The van der Waals surface area contributed by atoms with Gasteiger partial charge in [0, 0.05) is 22.9 Å². The molecule has 4 rings (SSSR count). The average Bonchev–Trinajstić information content (AvgIpc) is 3.53. The molecule has 0 aliphatic heterocycles. The number of alkyl halides is 3. The number of methoxy groups -OCH3 is 2. The largest absolute Gasteiger partial charge is 0.497 e. The van der Waals surface area contributed by atoms with Crippen LogP contribution in [0.5, 0.6) is 11.5 Å². The van der Waals surface area contributed by atoms with Crippen LogP contribution in [-0.2, 0) is 17.5 Å². The number of hydrogen-bond donors (Lipinski definition) is 1. The van der Waals surface area contributed by atoms with Crippen LogP contribution in [-0.4, -0.2) is 34.9 Å². The highest BCUT2D eigenvalue weighted by Gasteiger charge is 2.37. The summed E-state index contributed by atoms with van der Waals surface area (Å²) < 4.78 is 50.9. The van der Waals surface area contributed by atoms with Gasteiger partial charge in [0.2, 0.25) is 5.91 Å². The Labute approximate surface area is 190 Å². The molecule has 174 valence electrons. The third-order valence-corrected chi connectivity index (χ3v) is 5.78. The number of benzene rings is 1. The zero-order valence-electron chi connectivity index (χ0n) is 17.6. The smallest absolute Gasteiger partial charge is 0.421 e. The number of anilines is 1. The molecule has 0 bridgehead atoms. The maximum Gasteiger partial charge on any atom is 0.421 e. The number of ether oxygens (including phenoxy) is 2. The molecule has 0 unspecified atom stereocenters. The van der Waals surface area contributed by atoms with E-state index >= 15 is 0 Å². The van der Waals surface area contributed by atoms with Crippen molar-refractivity contribution in [1.29, 1.82) is 0 Å². The Morgan fingerprint density at radius 2 is 2.00 bits per heavy atom. The van der Waals surface area contributed by atoms with Gasteiger partial charge in [-0.3, -0.25) is 9.59 Å². The third-order valence-electron chi connectivity index (χ3n) is 5.02. The van der Waals surface area contributed by atoms with Crippen LogP contribution in [0.25, 0.3) is 11.3 Å². The summed E-state index contributed by atoms with van der Waals surface area (Å²) in [6.07, 6.45) is -3.43. The second-order valence-electron chi connectivity index (χ2n) is 7.37. The molecule has 1 aliphatic rings. The number of halogens is 3. The lowest BCUT2D eigenvalue weighted by Crippen LogP contribution is -2.35. The number of aromatic nitrogens is 3. The van der Waals surface area contributed by atoms with Crippen molar-refractivity contribution in [2.75, 3.05) is 19.5 Å². The SMILES string of the molecule is COc1ccc(-c2csc(NC(=O)Cn3nc(C4CC4)cc(C(F)(F)F)c3=O)n2)c(OC)c1. The molecular formula is C21H19F3N4O4S. The van der Waals surface area contributed by atoms with Gasteiger partial charge in [0.25, 0.3) is 5.56 Å². The highest BCUT2D eigenvalue weighted by molar-refractivity contribution is 7.14. The minimum absolute atomic E-state index is 0.123. The fraction of sp³-hybridized carbons (Fsp3) is 0.333. The Hall–Kier alpha value is -3.41. The molecule has 0 radical (unpaired) electrons. The molecule has 0 atom stereocenters. The Balaban J connectivity index is 1.54.